The van der Waals surface area contributed by atoms with E-state index < -0.39 is 17.9 Å². The van der Waals surface area contributed by atoms with Gasteiger partial charge in [-0.3, -0.25) is 9.59 Å². The number of ether oxygens (including phenoxy) is 3. The molecule has 0 aliphatic heterocycles. The van der Waals surface area contributed by atoms with Gasteiger partial charge in [-0.05, 0) is 80.3 Å². The number of oxazole rings is 1. The van der Waals surface area contributed by atoms with E-state index in [-0.39, 0.29) is 13.2 Å². The average molecular weight is 504 g/mol. The molecule has 7 nitrogen and oxygen atoms in total. The minimum absolute atomic E-state index is 0.242. The van der Waals surface area contributed by atoms with Gasteiger partial charge in [0.05, 0.1) is 19.8 Å². The first-order valence-electron chi connectivity index (χ1n) is 12.9. The van der Waals surface area contributed by atoms with Gasteiger partial charge in [-0.1, -0.05) is 37.1 Å². The number of aromatic nitrogens is 1. The summed E-state index contributed by atoms with van der Waals surface area (Å²) in [6.45, 7) is 6.51. The molecule has 0 spiro atoms. The lowest BCUT2D eigenvalue weighted by atomic mass is 10.0. The van der Waals surface area contributed by atoms with Crippen LogP contribution in [0.15, 0.2) is 59.0 Å². The Bertz CT molecular complexity index is 1360. The van der Waals surface area contributed by atoms with Crippen LogP contribution in [0.4, 0.5) is 0 Å². The Kier molecular flexibility index (Phi) is 8.77. The van der Waals surface area contributed by atoms with Crippen molar-refractivity contribution in [1.29, 1.82) is 0 Å². The fraction of sp³-hybridized carbons (Fsp3) is 0.367. The van der Waals surface area contributed by atoms with E-state index in [4.69, 9.17) is 18.6 Å². The molecule has 4 rings (SSSR count). The molecule has 4 aromatic rings. The van der Waals surface area contributed by atoms with E-state index >= 15 is 0 Å². The van der Waals surface area contributed by atoms with Gasteiger partial charge in [0.2, 0.25) is 5.89 Å². The van der Waals surface area contributed by atoms with Crippen molar-refractivity contribution in [1.82, 2.24) is 4.98 Å². The van der Waals surface area contributed by atoms with Crippen LogP contribution in [0.2, 0.25) is 0 Å². The lowest BCUT2D eigenvalue weighted by Crippen LogP contribution is -2.28. The van der Waals surface area contributed by atoms with Gasteiger partial charge in [0.1, 0.15) is 11.3 Å². The molecule has 7 heteroatoms. The van der Waals surface area contributed by atoms with Gasteiger partial charge in [-0.2, -0.15) is 0 Å². The Labute approximate surface area is 216 Å². The maximum Gasteiger partial charge on any atom is 0.320 e. The minimum Gasteiger partial charge on any atom is -0.494 e. The monoisotopic (exact) mass is 503 g/mol. The molecule has 0 atom stereocenters. The molecule has 0 saturated heterocycles. The first-order chi connectivity index (χ1) is 18.0. The van der Waals surface area contributed by atoms with E-state index in [9.17, 15) is 9.59 Å². The second-order valence-electron chi connectivity index (χ2n) is 8.92. The number of hydrogen-bond acceptors (Lipinski definition) is 7. The third-order valence-electron chi connectivity index (χ3n) is 6.23. The first-order valence-corrected chi connectivity index (χ1v) is 12.9. The molecule has 0 radical (unpaired) electrons. The zero-order valence-electron chi connectivity index (χ0n) is 21.6. The normalized spacial score (nSPS) is 11.2. The molecule has 0 bridgehead atoms. The second kappa shape index (κ2) is 12.4. The van der Waals surface area contributed by atoms with E-state index in [2.05, 4.69) is 11.1 Å². The summed E-state index contributed by atoms with van der Waals surface area (Å²) >= 11 is 0. The topological polar surface area (TPSA) is 87.9 Å². The van der Waals surface area contributed by atoms with E-state index in [0.717, 1.165) is 51.6 Å². The number of esters is 2. The first kappa shape index (κ1) is 26.2. The van der Waals surface area contributed by atoms with Crippen LogP contribution in [0.5, 0.6) is 5.75 Å². The smallest absolute Gasteiger partial charge is 0.320 e. The highest BCUT2D eigenvalue weighted by Crippen LogP contribution is 2.30. The van der Waals surface area contributed by atoms with E-state index in [1.165, 1.54) is 0 Å². The maximum absolute atomic E-state index is 12.1. The summed E-state index contributed by atoms with van der Waals surface area (Å²) in [5, 5.41) is 2.15. The number of nitrogens with zero attached hydrogens (tertiary/aromatic N) is 1. The van der Waals surface area contributed by atoms with Crippen LogP contribution in [-0.2, 0) is 19.1 Å². The van der Waals surface area contributed by atoms with Crippen molar-refractivity contribution in [2.45, 2.75) is 46.5 Å². The van der Waals surface area contributed by atoms with Crippen molar-refractivity contribution < 1.29 is 28.2 Å². The Morgan fingerprint density at radius 2 is 1.62 bits per heavy atom. The van der Waals surface area contributed by atoms with Crippen molar-refractivity contribution in [3.8, 4) is 17.2 Å². The zero-order chi connectivity index (χ0) is 26.2. The van der Waals surface area contributed by atoms with Crippen LogP contribution >= 0.6 is 0 Å². The number of carbonyl (C=O) groups is 2. The lowest BCUT2D eigenvalue weighted by Gasteiger charge is -2.14. The van der Waals surface area contributed by atoms with Crippen molar-refractivity contribution >= 4 is 33.8 Å². The van der Waals surface area contributed by atoms with Crippen LogP contribution in [-0.4, -0.2) is 36.7 Å². The molecule has 1 aromatic heterocycles. The van der Waals surface area contributed by atoms with Gasteiger partial charge >= 0.3 is 11.9 Å². The van der Waals surface area contributed by atoms with E-state index in [1.54, 1.807) is 13.8 Å². The highest BCUT2D eigenvalue weighted by molar-refractivity contribution is 5.94. The summed E-state index contributed by atoms with van der Waals surface area (Å²) in [5.41, 5.74) is 3.70. The minimum atomic E-state index is -0.856. The van der Waals surface area contributed by atoms with Crippen LogP contribution in [0.1, 0.15) is 45.1 Å². The van der Waals surface area contributed by atoms with Gasteiger partial charge in [0.15, 0.2) is 11.5 Å². The number of carbonyl (C=O) groups excluding carboxylic acids is 2. The SMILES string of the molecule is CCOC(=O)C(CCCCCOc1ccc2cc(-c3nc4c(C)cccc4o3)ccc2c1)C(=O)OCC. The summed E-state index contributed by atoms with van der Waals surface area (Å²) < 4.78 is 22.0. The zero-order valence-corrected chi connectivity index (χ0v) is 21.6. The molecule has 194 valence electrons. The standard InChI is InChI=1S/C30H33NO6/c1-4-34-29(32)25(30(33)35-5-2)11-7-6-8-17-36-24-16-15-21-18-23(14-13-22(21)19-24)28-31-27-20(3)10-9-12-26(27)37-28/h9-10,12-16,18-19,25H,4-8,11,17H2,1-3H3. The number of aryl methyl sites for hydroxylation is 1. The molecule has 0 N–H and O–H groups in total. The highest BCUT2D eigenvalue weighted by Gasteiger charge is 2.28. The third-order valence-corrected chi connectivity index (χ3v) is 6.23. The number of rotatable bonds is 12. The summed E-state index contributed by atoms with van der Waals surface area (Å²) in [6.07, 6.45) is 2.76. The van der Waals surface area contributed by atoms with Crippen molar-refractivity contribution in [2.75, 3.05) is 19.8 Å². The maximum atomic E-state index is 12.1. The molecule has 0 fully saturated rings. The third kappa shape index (κ3) is 6.47. The molecule has 3 aromatic carbocycles. The molecular weight excluding hydrogens is 470 g/mol. The largest absolute Gasteiger partial charge is 0.494 e. The summed E-state index contributed by atoms with van der Waals surface area (Å²) in [5.74, 6) is -0.469. The van der Waals surface area contributed by atoms with Gasteiger partial charge in [0, 0.05) is 5.56 Å². The Balaban J connectivity index is 1.29. The van der Waals surface area contributed by atoms with Crippen molar-refractivity contribution in [2.24, 2.45) is 5.92 Å². The van der Waals surface area contributed by atoms with E-state index in [0.29, 0.717) is 25.3 Å². The van der Waals surface area contributed by atoms with Gasteiger partial charge in [0.25, 0.3) is 0 Å². The molecule has 0 saturated carbocycles. The quantitative estimate of drug-likeness (QED) is 0.122. The Morgan fingerprint density at radius 1 is 0.892 bits per heavy atom. The number of hydrogen-bond donors (Lipinski definition) is 0. The number of fused-ring (bicyclic) bond motifs is 2. The predicted octanol–water partition coefficient (Wildman–Crippen LogP) is 6.64. The van der Waals surface area contributed by atoms with Gasteiger partial charge in [-0.25, -0.2) is 4.98 Å². The molecule has 0 unspecified atom stereocenters. The molecule has 0 amide bonds. The van der Waals surface area contributed by atoms with Gasteiger partial charge in [-0.15, -0.1) is 0 Å². The summed E-state index contributed by atoms with van der Waals surface area (Å²) in [6, 6.07) is 18.1. The molecule has 37 heavy (non-hydrogen) atoms. The molecule has 0 aliphatic rings. The second-order valence-corrected chi connectivity index (χ2v) is 8.92. The molecular formula is C30H33NO6. The van der Waals surface area contributed by atoms with Gasteiger partial charge < -0.3 is 18.6 Å². The number of para-hydroxylation sites is 1. The Morgan fingerprint density at radius 3 is 2.35 bits per heavy atom. The summed E-state index contributed by atoms with van der Waals surface area (Å²) in [7, 11) is 0. The lowest BCUT2D eigenvalue weighted by molar-refractivity contribution is -0.161. The Hall–Kier alpha value is -3.87. The van der Waals surface area contributed by atoms with Crippen LogP contribution in [0.3, 0.4) is 0 Å². The number of unbranched alkanes of at least 4 members (excludes halogenated alkanes) is 2. The van der Waals surface area contributed by atoms with Crippen LogP contribution in [0.25, 0.3) is 33.3 Å². The van der Waals surface area contributed by atoms with Crippen molar-refractivity contribution in [3.05, 3.63) is 60.2 Å². The predicted molar refractivity (Wildman–Crippen MR) is 142 cm³/mol. The fourth-order valence-electron chi connectivity index (χ4n) is 4.29. The van der Waals surface area contributed by atoms with Crippen LogP contribution < -0.4 is 4.74 Å². The summed E-state index contributed by atoms with van der Waals surface area (Å²) in [4.78, 5) is 28.8. The number of benzene rings is 3. The van der Waals surface area contributed by atoms with Crippen LogP contribution in [0, 0.1) is 12.8 Å². The fourth-order valence-corrected chi connectivity index (χ4v) is 4.29. The highest BCUT2D eigenvalue weighted by atomic mass is 16.6. The van der Waals surface area contributed by atoms with E-state index in [1.807, 2.05) is 55.5 Å². The van der Waals surface area contributed by atoms with Crippen molar-refractivity contribution in [3.63, 3.8) is 0 Å². The average Bonchev–Trinajstić information content (AvgIpc) is 3.34. The molecule has 0 aliphatic carbocycles. The molecule has 1 heterocycles.